The molecule has 0 saturated carbocycles. The van der Waals surface area contributed by atoms with E-state index in [-0.39, 0.29) is 12.5 Å². The van der Waals surface area contributed by atoms with E-state index in [1.807, 2.05) is 18.2 Å². The summed E-state index contributed by atoms with van der Waals surface area (Å²) in [6, 6.07) is 9.53. The van der Waals surface area contributed by atoms with Gasteiger partial charge in [-0.3, -0.25) is 9.69 Å². The minimum absolute atomic E-state index is 0.151. The number of benzene rings is 1. The van der Waals surface area contributed by atoms with Crippen molar-refractivity contribution in [3.63, 3.8) is 0 Å². The normalized spacial score (nSPS) is 18.3. The van der Waals surface area contributed by atoms with Gasteiger partial charge in [0.1, 0.15) is 6.04 Å². The first kappa shape index (κ1) is 14.0. The maximum Gasteiger partial charge on any atom is 0.241 e. The van der Waals surface area contributed by atoms with Crippen molar-refractivity contribution < 1.29 is 9.90 Å². The Morgan fingerprint density at radius 3 is 2.42 bits per heavy atom. The van der Waals surface area contributed by atoms with E-state index in [0.29, 0.717) is 13.1 Å². The Morgan fingerprint density at radius 1 is 1.21 bits per heavy atom. The van der Waals surface area contributed by atoms with Crippen molar-refractivity contribution in [3.05, 3.63) is 35.9 Å². The van der Waals surface area contributed by atoms with Crippen LogP contribution in [0.25, 0.3) is 0 Å². The van der Waals surface area contributed by atoms with E-state index >= 15 is 0 Å². The molecule has 2 rings (SSSR count). The maximum absolute atomic E-state index is 11.8. The fraction of sp³-hybridized carbons (Fsp3) is 0.500. The van der Waals surface area contributed by atoms with Crippen LogP contribution in [0.3, 0.4) is 0 Å². The molecule has 0 radical (unpaired) electrons. The molecule has 1 aromatic rings. The van der Waals surface area contributed by atoms with Crippen molar-refractivity contribution in [2.24, 2.45) is 5.73 Å². The van der Waals surface area contributed by atoms with E-state index in [9.17, 15) is 4.79 Å². The standard InChI is InChI=1S/C14H21N3O2/c15-13(11-18)14(19)17-8-6-16(7-9-17)10-12-4-2-1-3-5-12/h1-5,13,18H,6-11,15H2. The molecule has 1 aliphatic rings. The molecule has 3 N–H and O–H groups in total. The molecular formula is C14H21N3O2. The molecular weight excluding hydrogens is 242 g/mol. The predicted octanol–water partition coefficient (Wildman–Crippen LogP) is -0.350. The molecule has 1 atom stereocenters. The molecule has 1 aromatic carbocycles. The van der Waals surface area contributed by atoms with Gasteiger partial charge in [0.15, 0.2) is 0 Å². The second-order valence-electron chi connectivity index (χ2n) is 4.88. The smallest absolute Gasteiger partial charge is 0.241 e. The molecule has 0 aromatic heterocycles. The lowest BCUT2D eigenvalue weighted by Gasteiger charge is -2.35. The number of amides is 1. The van der Waals surface area contributed by atoms with Crippen LogP contribution in [0.15, 0.2) is 30.3 Å². The Balaban J connectivity index is 1.81. The topological polar surface area (TPSA) is 69.8 Å². The molecule has 1 aliphatic heterocycles. The highest BCUT2D eigenvalue weighted by Crippen LogP contribution is 2.08. The Kier molecular flexibility index (Phi) is 4.90. The lowest BCUT2D eigenvalue weighted by atomic mass is 10.2. The second kappa shape index (κ2) is 6.65. The third-order valence-electron chi connectivity index (χ3n) is 3.45. The van der Waals surface area contributed by atoms with Gasteiger partial charge in [0.05, 0.1) is 6.61 Å². The van der Waals surface area contributed by atoms with Crippen LogP contribution in [0.1, 0.15) is 5.56 Å². The van der Waals surface area contributed by atoms with E-state index < -0.39 is 6.04 Å². The molecule has 104 valence electrons. The zero-order valence-electron chi connectivity index (χ0n) is 11.0. The zero-order valence-corrected chi connectivity index (χ0v) is 11.0. The fourth-order valence-corrected chi connectivity index (χ4v) is 2.28. The number of hydrogen-bond donors (Lipinski definition) is 2. The lowest BCUT2D eigenvalue weighted by Crippen LogP contribution is -2.53. The summed E-state index contributed by atoms with van der Waals surface area (Å²) in [5.41, 5.74) is 6.84. The molecule has 0 spiro atoms. The summed E-state index contributed by atoms with van der Waals surface area (Å²) in [6.45, 7) is 3.67. The van der Waals surface area contributed by atoms with Crippen molar-refractivity contribution in [2.75, 3.05) is 32.8 Å². The monoisotopic (exact) mass is 263 g/mol. The van der Waals surface area contributed by atoms with Gasteiger partial charge in [-0.1, -0.05) is 30.3 Å². The minimum atomic E-state index is -0.777. The number of nitrogens with zero attached hydrogens (tertiary/aromatic N) is 2. The van der Waals surface area contributed by atoms with Gasteiger partial charge in [0.2, 0.25) is 5.91 Å². The number of nitrogens with two attached hydrogens (primary N) is 1. The summed E-state index contributed by atoms with van der Waals surface area (Å²) >= 11 is 0. The van der Waals surface area contributed by atoms with Crippen LogP contribution in [-0.2, 0) is 11.3 Å². The molecule has 5 heteroatoms. The molecule has 1 amide bonds. The first-order valence-corrected chi connectivity index (χ1v) is 6.62. The summed E-state index contributed by atoms with van der Waals surface area (Å²) in [5.74, 6) is -0.151. The maximum atomic E-state index is 11.8. The molecule has 0 bridgehead atoms. The summed E-state index contributed by atoms with van der Waals surface area (Å²) in [7, 11) is 0. The van der Waals surface area contributed by atoms with E-state index in [1.54, 1.807) is 4.90 Å². The summed E-state index contributed by atoms with van der Waals surface area (Å²) < 4.78 is 0. The van der Waals surface area contributed by atoms with Crippen LogP contribution in [-0.4, -0.2) is 59.6 Å². The predicted molar refractivity (Wildman–Crippen MR) is 73.4 cm³/mol. The highest BCUT2D eigenvalue weighted by Gasteiger charge is 2.24. The van der Waals surface area contributed by atoms with Gasteiger partial charge in [-0.25, -0.2) is 0 Å². The molecule has 5 nitrogen and oxygen atoms in total. The number of piperazine rings is 1. The largest absolute Gasteiger partial charge is 0.394 e. The van der Waals surface area contributed by atoms with E-state index in [2.05, 4.69) is 17.0 Å². The zero-order chi connectivity index (χ0) is 13.7. The summed E-state index contributed by atoms with van der Waals surface area (Å²) in [5, 5.41) is 8.90. The van der Waals surface area contributed by atoms with Gasteiger partial charge in [-0.05, 0) is 5.56 Å². The third-order valence-corrected chi connectivity index (χ3v) is 3.45. The first-order valence-electron chi connectivity index (χ1n) is 6.62. The van der Waals surface area contributed by atoms with Gasteiger partial charge in [0.25, 0.3) is 0 Å². The van der Waals surface area contributed by atoms with Crippen LogP contribution >= 0.6 is 0 Å². The van der Waals surface area contributed by atoms with Gasteiger partial charge < -0.3 is 15.7 Å². The van der Waals surface area contributed by atoms with Crippen molar-refractivity contribution in [3.8, 4) is 0 Å². The fourth-order valence-electron chi connectivity index (χ4n) is 2.28. The van der Waals surface area contributed by atoms with Crippen molar-refractivity contribution >= 4 is 5.91 Å². The SMILES string of the molecule is NC(CO)C(=O)N1CCN(Cc2ccccc2)CC1. The number of rotatable bonds is 4. The molecule has 1 unspecified atom stereocenters. The molecule has 1 saturated heterocycles. The average molecular weight is 263 g/mol. The highest BCUT2D eigenvalue weighted by atomic mass is 16.3. The van der Waals surface area contributed by atoms with Crippen molar-refractivity contribution in [1.82, 2.24) is 9.80 Å². The summed E-state index contributed by atoms with van der Waals surface area (Å²) in [4.78, 5) is 15.9. The lowest BCUT2D eigenvalue weighted by molar-refractivity contribution is -0.135. The Morgan fingerprint density at radius 2 is 1.84 bits per heavy atom. The van der Waals surface area contributed by atoms with Crippen LogP contribution in [0, 0.1) is 0 Å². The number of hydrogen-bond acceptors (Lipinski definition) is 4. The highest BCUT2D eigenvalue weighted by molar-refractivity contribution is 5.81. The number of carbonyl (C=O) groups excluding carboxylic acids is 1. The third kappa shape index (κ3) is 3.76. The van der Waals surface area contributed by atoms with Gasteiger partial charge >= 0.3 is 0 Å². The first-order chi connectivity index (χ1) is 9.20. The summed E-state index contributed by atoms with van der Waals surface area (Å²) in [6.07, 6.45) is 0. The van der Waals surface area contributed by atoms with Crippen LogP contribution in [0.4, 0.5) is 0 Å². The minimum Gasteiger partial charge on any atom is -0.394 e. The van der Waals surface area contributed by atoms with Crippen LogP contribution < -0.4 is 5.73 Å². The Bertz CT molecular complexity index is 402. The van der Waals surface area contributed by atoms with E-state index in [0.717, 1.165) is 19.6 Å². The second-order valence-corrected chi connectivity index (χ2v) is 4.88. The number of aliphatic hydroxyl groups excluding tert-OH is 1. The van der Waals surface area contributed by atoms with Gasteiger partial charge in [-0.2, -0.15) is 0 Å². The number of carbonyl (C=O) groups is 1. The van der Waals surface area contributed by atoms with Crippen LogP contribution in [0.2, 0.25) is 0 Å². The van der Waals surface area contributed by atoms with E-state index in [1.165, 1.54) is 5.56 Å². The van der Waals surface area contributed by atoms with E-state index in [4.69, 9.17) is 10.8 Å². The van der Waals surface area contributed by atoms with Crippen LogP contribution in [0.5, 0.6) is 0 Å². The Labute approximate surface area is 113 Å². The molecule has 0 aliphatic carbocycles. The molecule has 1 fully saturated rings. The molecule has 19 heavy (non-hydrogen) atoms. The van der Waals surface area contributed by atoms with Crippen molar-refractivity contribution in [2.45, 2.75) is 12.6 Å². The number of aliphatic hydroxyl groups is 1. The van der Waals surface area contributed by atoms with Crippen molar-refractivity contribution in [1.29, 1.82) is 0 Å². The Hall–Kier alpha value is -1.43. The quantitative estimate of drug-likeness (QED) is 0.779. The molecule has 1 heterocycles. The van der Waals surface area contributed by atoms with Gasteiger partial charge in [-0.15, -0.1) is 0 Å². The average Bonchev–Trinajstić information content (AvgIpc) is 2.47. The van der Waals surface area contributed by atoms with Gasteiger partial charge in [0, 0.05) is 32.7 Å².